The molecule has 0 saturated heterocycles. The van der Waals surface area contributed by atoms with Gasteiger partial charge in [-0.05, 0) is 59.6 Å². The second kappa shape index (κ2) is 5.97. The standard InChI is InChI=1S/C22H24ClN/c1-13(2)15-7-9-16(10-8-15)22-19-6-4-5-18(19)20-12-17(23)11-14(3)21(20)24-22/h4-5,7-13,18-19,22,24H,6H2,1-3H3/t18-,19-,22+/m0/s1. The summed E-state index contributed by atoms with van der Waals surface area (Å²) in [6, 6.07) is 13.7. The third-order valence-electron chi connectivity index (χ3n) is 5.59. The molecule has 2 aromatic rings. The van der Waals surface area contributed by atoms with Crippen molar-refractivity contribution >= 4 is 17.3 Å². The highest BCUT2D eigenvalue weighted by Gasteiger charge is 2.38. The lowest BCUT2D eigenvalue weighted by atomic mass is 9.76. The maximum absolute atomic E-state index is 6.32. The molecule has 0 aromatic heterocycles. The normalized spacial score (nSPS) is 24.6. The molecule has 1 aliphatic carbocycles. The van der Waals surface area contributed by atoms with Gasteiger partial charge in [0.05, 0.1) is 6.04 Å². The topological polar surface area (TPSA) is 12.0 Å². The van der Waals surface area contributed by atoms with Crippen molar-refractivity contribution in [3.05, 3.63) is 75.8 Å². The smallest absolute Gasteiger partial charge is 0.0554 e. The molecule has 1 aliphatic heterocycles. The van der Waals surface area contributed by atoms with Gasteiger partial charge in [-0.1, -0.05) is 61.9 Å². The molecule has 0 unspecified atom stereocenters. The van der Waals surface area contributed by atoms with Crippen molar-refractivity contribution in [2.24, 2.45) is 5.92 Å². The molecule has 3 atom stereocenters. The zero-order valence-electron chi connectivity index (χ0n) is 14.5. The maximum Gasteiger partial charge on any atom is 0.0554 e. The lowest BCUT2D eigenvalue weighted by Gasteiger charge is -2.38. The lowest BCUT2D eigenvalue weighted by Crippen LogP contribution is -2.29. The van der Waals surface area contributed by atoms with E-state index < -0.39 is 0 Å². The molecule has 1 nitrogen and oxygen atoms in total. The number of hydrogen-bond donors (Lipinski definition) is 1. The van der Waals surface area contributed by atoms with E-state index in [4.69, 9.17) is 11.6 Å². The number of hydrogen-bond acceptors (Lipinski definition) is 1. The minimum atomic E-state index is 0.360. The van der Waals surface area contributed by atoms with E-state index >= 15 is 0 Å². The zero-order valence-corrected chi connectivity index (χ0v) is 15.3. The van der Waals surface area contributed by atoms with E-state index in [2.05, 4.69) is 74.6 Å². The predicted octanol–water partition coefficient (Wildman–Crippen LogP) is 6.60. The Bertz CT molecular complexity index is 788. The Morgan fingerprint density at radius 2 is 1.88 bits per heavy atom. The second-order valence-corrected chi connectivity index (χ2v) is 7.92. The maximum atomic E-state index is 6.32. The Kier molecular flexibility index (Phi) is 3.92. The van der Waals surface area contributed by atoms with Crippen LogP contribution < -0.4 is 5.32 Å². The Labute approximate surface area is 149 Å². The molecule has 0 spiro atoms. The van der Waals surface area contributed by atoms with Crippen LogP contribution in [0, 0.1) is 12.8 Å². The monoisotopic (exact) mass is 337 g/mol. The number of benzene rings is 2. The summed E-state index contributed by atoms with van der Waals surface area (Å²) < 4.78 is 0. The summed E-state index contributed by atoms with van der Waals surface area (Å²) in [6.45, 7) is 6.64. The average molecular weight is 338 g/mol. The Morgan fingerprint density at radius 1 is 1.12 bits per heavy atom. The number of rotatable bonds is 2. The van der Waals surface area contributed by atoms with Gasteiger partial charge >= 0.3 is 0 Å². The number of nitrogens with one attached hydrogen (secondary N) is 1. The van der Waals surface area contributed by atoms with Gasteiger partial charge in [0.2, 0.25) is 0 Å². The highest BCUT2D eigenvalue weighted by molar-refractivity contribution is 6.30. The summed E-state index contributed by atoms with van der Waals surface area (Å²) in [5, 5.41) is 4.67. The molecule has 4 rings (SSSR count). The molecule has 1 heterocycles. The molecule has 0 saturated carbocycles. The summed E-state index contributed by atoms with van der Waals surface area (Å²) in [4.78, 5) is 0. The highest BCUT2D eigenvalue weighted by atomic mass is 35.5. The van der Waals surface area contributed by atoms with Crippen LogP contribution in [-0.2, 0) is 0 Å². The zero-order chi connectivity index (χ0) is 16.8. The third-order valence-corrected chi connectivity index (χ3v) is 5.81. The van der Waals surface area contributed by atoms with Crippen LogP contribution >= 0.6 is 11.6 Å². The SMILES string of the molecule is Cc1cc(Cl)cc2c1N[C@H](c1ccc(C(C)C)cc1)[C@H]1CC=C[C@H]21. The quantitative estimate of drug-likeness (QED) is 0.609. The first-order valence-corrected chi connectivity index (χ1v) is 9.25. The molecule has 2 aliphatic rings. The Hall–Kier alpha value is -1.73. The largest absolute Gasteiger partial charge is 0.377 e. The summed E-state index contributed by atoms with van der Waals surface area (Å²) in [7, 11) is 0. The molecular weight excluding hydrogens is 314 g/mol. The van der Waals surface area contributed by atoms with Gasteiger partial charge in [-0.2, -0.15) is 0 Å². The van der Waals surface area contributed by atoms with E-state index in [1.807, 2.05) is 0 Å². The van der Waals surface area contributed by atoms with Gasteiger partial charge in [-0.25, -0.2) is 0 Å². The van der Waals surface area contributed by atoms with Crippen molar-refractivity contribution in [2.75, 3.05) is 5.32 Å². The van der Waals surface area contributed by atoms with Crippen LogP contribution in [0.15, 0.2) is 48.6 Å². The number of aryl methyl sites for hydroxylation is 1. The van der Waals surface area contributed by atoms with Crippen LogP contribution in [0.25, 0.3) is 0 Å². The van der Waals surface area contributed by atoms with Crippen molar-refractivity contribution < 1.29 is 0 Å². The van der Waals surface area contributed by atoms with E-state index in [0.717, 1.165) is 11.4 Å². The first kappa shape index (κ1) is 15.8. The molecule has 2 heteroatoms. The van der Waals surface area contributed by atoms with Crippen molar-refractivity contribution in [3.8, 4) is 0 Å². The molecular formula is C22H24ClN. The highest BCUT2D eigenvalue weighted by Crippen LogP contribution is 2.51. The van der Waals surface area contributed by atoms with Crippen LogP contribution in [0.1, 0.15) is 60.4 Å². The van der Waals surface area contributed by atoms with E-state index in [0.29, 0.717) is 23.8 Å². The first-order chi connectivity index (χ1) is 11.5. The second-order valence-electron chi connectivity index (χ2n) is 7.48. The minimum Gasteiger partial charge on any atom is -0.377 e. The summed E-state index contributed by atoms with van der Waals surface area (Å²) in [5.74, 6) is 1.61. The first-order valence-electron chi connectivity index (χ1n) is 8.87. The van der Waals surface area contributed by atoms with E-state index in [1.165, 1.54) is 27.9 Å². The van der Waals surface area contributed by atoms with Gasteiger partial charge in [0.25, 0.3) is 0 Å². The number of fused-ring (bicyclic) bond motifs is 3. The van der Waals surface area contributed by atoms with Gasteiger partial charge in [-0.15, -0.1) is 0 Å². The van der Waals surface area contributed by atoms with Gasteiger partial charge in [-0.3, -0.25) is 0 Å². The molecule has 0 amide bonds. The Balaban J connectivity index is 1.75. The molecule has 24 heavy (non-hydrogen) atoms. The van der Waals surface area contributed by atoms with Gasteiger partial charge < -0.3 is 5.32 Å². The summed E-state index contributed by atoms with van der Waals surface area (Å²) in [6.07, 6.45) is 5.83. The van der Waals surface area contributed by atoms with Crippen molar-refractivity contribution in [3.63, 3.8) is 0 Å². The van der Waals surface area contributed by atoms with E-state index in [-0.39, 0.29) is 0 Å². The van der Waals surface area contributed by atoms with Crippen LogP contribution in [-0.4, -0.2) is 0 Å². The molecule has 2 aromatic carbocycles. The molecule has 0 bridgehead atoms. The van der Waals surface area contributed by atoms with Crippen LogP contribution in [0.4, 0.5) is 5.69 Å². The minimum absolute atomic E-state index is 0.360. The van der Waals surface area contributed by atoms with Gasteiger partial charge in [0, 0.05) is 16.6 Å². The molecule has 0 fully saturated rings. The molecule has 1 N–H and O–H groups in total. The van der Waals surface area contributed by atoms with Crippen LogP contribution in [0.5, 0.6) is 0 Å². The van der Waals surface area contributed by atoms with Crippen molar-refractivity contribution in [1.29, 1.82) is 0 Å². The fraction of sp³-hybridized carbons (Fsp3) is 0.364. The van der Waals surface area contributed by atoms with Crippen molar-refractivity contribution in [1.82, 2.24) is 0 Å². The summed E-state index contributed by atoms with van der Waals surface area (Å²) >= 11 is 6.32. The molecule has 0 radical (unpaired) electrons. The fourth-order valence-electron chi connectivity index (χ4n) is 4.26. The predicted molar refractivity (Wildman–Crippen MR) is 103 cm³/mol. The average Bonchev–Trinajstić information content (AvgIpc) is 3.04. The number of halogens is 1. The van der Waals surface area contributed by atoms with Crippen LogP contribution in [0.2, 0.25) is 5.02 Å². The van der Waals surface area contributed by atoms with Gasteiger partial charge in [0.15, 0.2) is 0 Å². The van der Waals surface area contributed by atoms with Crippen molar-refractivity contribution in [2.45, 2.75) is 45.1 Å². The lowest BCUT2D eigenvalue weighted by molar-refractivity contribution is 0.425. The Morgan fingerprint density at radius 3 is 2.58 bits per heavy atom. The van der Waals surface area contributed by atoms with Crippen LogP contribution in [0.3, 0.4) is 0 Å². The number of allylic oxidation sites excluding steroid dienone is 2. The van der Waals surface area contributed by atoms with E-state index in [1.54, 1.807) is 0 Å². The number of anilines is 1. The fourth-order valence-corrected chi connectivity index (χ4v) is 4.54. The third kappa shape index (κ3) is 2.56. The summed E-state index contributed by atoms with van der Waals surface area (Å²) in [5.41, 5.74) is 6.65. The van der Waals surface area contributed by atoms with Gasteiger partial charge in [0.1, 0.15) is 0 Å². The van der Waals surface area contributed by atoms with E-state index in [9.17, 15) is 0 Å². The molecule has 124 valence electrons.